The summed E-state index contributed by atoms with van der Waals surface area (Å²) >= 11 is 0. The lowest BCUT2D eigenvalue weighted by Crippen LogP contribution is -2.40. The highest BCUT2D eigenvalue weighted by atomic mass is 16.5. The SMILES string of the molecule is CC/C=C\C/C=C\C/C=C\C/C=C\CCC(CCCCCCCC(=O)NC(CCCN)C(=O)O)OC(=O)CCCCCCCCC/C=C\CCCCCCCC. The highest BCUT2D eigenvalue weighted by Gasteiger charge is 2.19. The van der Waals surface area contributed by atoms with Gasteiger partial charge in [0.25, 0.3) is 0 Å². The summed E-state index contributed by atoms with van der Waals surface area (Å²) < 4.78 is 6.02. The zero-order chi connectivity index (χ0) is 41.0. The maximum absolute atomic E-state index is 12.8. The smallest absolute Gasteiger partial charge is 0.326 e. The van der Waals surface area contributed by atoms with Gasteiger partial charge in [0.15, 0.2) is 0 Å². The molecule has 0 saturated carbocycles. The van der Waals surface area contributed by atoms with E-state index in [0.29, 0.717) is 32.2 Å². The number of unbranched alkanes of at least 4 members (excludes halogenated alkanes) is 17. The van der Waals surface area contributed by atoms with Crippen LogP contribution in [0.4, 0.5) is 0 Å². The molecular weight excluding hydrogens is 697 g/mol. The minimum atomic E-state index is -1.01. The van der Waals surface area contributed by atoms with Crippen molar-refractivity contribution in [2.24, 2.45) is 5.73 Å². The van der Waals surface area contributed by atoms with Crippen LogP contribution in [0.15, 0.2) is 60.8 Å². The molecule has 0 aromatic heterocycles. The van der Waals surface area contributed by atoms with Crippen LogP contribution >= 0.6 is 0 Å². The average Bonchev–Trinajstić information content (AvgIpc) is 3.18. The van der Waals surface area contributed by atoms with Gasteiger partial charge >= 0.3 is 11.9 Å². The summed E-state index contributed by atoms with van der Waals surface area (Å²) in [5.41, 5.74) is 5.49. The predicted octanol–water partition coefficient (Wildman–Crippen LogP) is 13.3. The number of rotatable bonds is 41. The molecule has 56 heavy (non-hydrogen) atoms. The van der Waals surface area contributed by atoms with Crippen LogP contribution in [0.1, 0.15) is 213 Å². The number of carbonyl (C=O) groups excluding carboxylic acids is 2. The van der Waals surface area contributed by atoms with Gasteiger partial charge in [-0.1, -0.05) is 158 Å². The molecule has 0 heterocycles. The maximum atomic E-state index is 12.8. The number of hydrogen-bond donors (Lipinski definition) is 3. The fourth-order valence-electron chi connectivity index (χ4n) is 6.61. The van der Waals surface area contributed by atoms with Gasteiger partial charge in [0.1, 0.15) is 12.1 Å². The Hall–Kier alpha value is -2.93. The first-order chi connectivity index (χ1) is 27.4. The number of carbonyl (C=O) groups is 3. The third kappa shape index (κ3) is 39.3. The van der Waals surface area contributed by atoms with Crippen molar-refractivity contribution in [2.75, 3.05) is 6.54 Å². The van der Waals surface area contributed by atoms with Crippen molar-refractivity contribution in [3.05, 3.63) is 60.8 Å². The highest BCUT2D eigenvalue weighted by Crippen LogP contribution is 2.17. The lowest BCUT2D eigenvalue weighted by atomic mass is 10.0. The molecule has 0 aliphatic heterocycles. The Bertz CT molecular complexity index is 1060. The van der Waals surface area contributed by atoms with Gasteiger partial charge in [0.2, 0.25) is 5.91 Å². The summed E-state index contributed by atoms with van der Waals surface area (Å²) in [4.78, 5) is 36.4. The maximum Gasteiger partial charge on any atom is 0.326 e. The number of esters is 1. The molecule has 0 rings (SSSR count). The topological polar surface area (TPSA) is 119 Å². The second-order valence-electron chi connectivity index (χ2n) is 15.4. The van der Waals surface area contributed by atoms with Crippen molar-refractivity contribution in [3.63, 3.8) is 0 Å². The van der Waals surface area contributed by atoms with E-state index >= 15 is 0 Å². The van der Waals surface area contributed by atoms with E-state index in [4.69, 9.17) is 10.5 Å². The van der Waals surface area contributed by atoms with Gasteiger partial charge in [0.05, 0.1) is 0 Å². The fraction of sp³-hybridized carbons (Fsp3) is 0.735. The molecule has 4 N–H and O–H groups in total. The standard InChI is InChI=1S/C49H86N2O5/c1-3-5-7-9-11-13-15-17-18-19-20-22-24-26-28-33-37-43-48(53)56-45(39-34-30-27-25-23-21-16-14-12-10-8-6-4-2)40-35-31-29-32-36-42-47(52)51-46(49(54)55)41-38-44-50/h6,8,12,14,17-18,21,23,27,30,45-46H,3-5,7,9-11,13,15-16,19-20,22,24-26,28-29,31-44,50H2,1-2H3,(H,51,52)(H,54,55)/b8-6-,14-12-,18-17-,23-21-,30-27-. The number of ether oxygens (including phenoxy) is 1. The van der Waals surface area contributed by atoms with E-state index in [1.165, 1.54) is 83.5 Å². The van der Waals surface area contributed by atoms with Crippen molar-refractivity contribution < 1.29 is 24.2 Å². The molecule has 7 nitrogen and oxygen atoms in total. The Balaban J connectivity index is 4.41. The molecule has 0 bridgehead atoms. The van der Waals surface area contributed by atoms with Gasteiger partial charge in [-0.25, -0.2) is 4.79 Å². The number of aliphatic carboxylic acids is 1. The molecule has 0 aromatic carbocycles. The fourth-order valence-corrected chi connectivity index (χ4v) is 6.61. The summed E-state index contributed by atoms with van der Waals surface area (Å²) in [7, 11) is 0. The second kappa shape index (κ2) is 43.2. The minimum absolute atomic E-state index is 0.0648. The van der Waals surface area contributed by atoms with Gasteiger partial charge in [-0.15, -0.1) is 0 Å². The third-order valence-electron chi connectivity index (χ3n) is 10.1. The number of nitrogens with one attached hydrogen (secondary N) is 1. The van der Waals surface area contributed by atoms with Gasteiger partial charge in [-0.05, 0) is 109 Å². The van der Waals surface area contributed by atoms with E-state index in [1.54, 1.807) is 0 Å². The number of hydrogen-bond acceptors (Lipinski definition) is 5. The lowest BCUT2D eigenvalue weighted by molar-refractivity contribution is -0.150. The first-order valence-corrected chi connectivity index (χ1v) is 23.1. The normalized spacial score (nSPS) is 13.2. The van der Waals surface area contributed by atoms with Gasteiger partial charge in [-0.3, -0.25) is 9.59 Å². The lowest BCUT2D eigenvalue weighted by Gasteiger charge is -2.17. The van der Waals surface area contributed by atoms with Gasteiger partial charge in [-0.2, -0.15) is 0 Å². The van der Waals surface area contributed by atoms with E-state index in [9.17, 15) is 19.5 Å². The Morgan fingerprint density at radius 2 is 1.02 bits per heavy atom. The van der Waals surface area contributed by atoms with Crippen LogP contribution in [0.2, 0.25) is 0 Å². The van der Waals surface area contributed by atoms with Gasteiger partial charge < -0.3 is 20.9 Å². The molecule has 0 saturated heterocycles. The van der Waals surface area contributed by atoms with Crippen molar-refractivity contribution in [1.29, 1.82) is 0 Å². The zero-order valence-electron chi connectivity index (χ0n) is 36.2. The van der Waals surface area contributed by atoms with E-state index in [1.807, 2.05) is 0 Å². The molecular formula is C49H86N2O5. The molecule has 1 amide bonds. The van der Waals surface area contributed by atoms with Crippen LogP contribution in [0, 0.1) is 0 Å². The molecule has 0 spiro atoms. The first-order valence-electron chi connectivity index (χ1n) is 23.1. The molecule has 322 valence electrons. The largest absolute Gasteiger partial charge is 0.480 e. The Morgan fingerprint density at radius 3 is 1.57 bits per heavy atom. The Morgan fingerprint density at radius 1 is 0.536 bits per heavy atom. The van der Waals surface area contributed by atoms with Crippen molar-refractivity contribution in [2.45, 2.75) is 225 Å². The summed E-state index contributed by atoms with van der Waals surface area (Å²) in [6.45, 7) is 4.82. The minimum Gasteiger partial charge on any atom is -0.480 e. The van der Waals surface area contributed by atoms with E-state index in [-0.39, 0.29) is 18.0 Å². The quantitative estimate of drug-likeness (QED) is 0.0323. The average molecular weight is 783 g/mol. The molecule has 0 aromatic rings. The Labute approximate surface area is 344 Å². The molecule has 0 aliphatic carbocycles. The summed E-state index contributed by atoms with van der Waals surface area (Å²) in [6.07, 6.45) is 54.1. The number of allylic oxidation sites excluding steroid dienone is 10. The molecule has 0 fully saturated rings. The van der Waals surface area contributed by atoms with Crippen molar-refractivity contribution in [3.8, 4) is 0 Å². The molecule has 0 aliphatic rings. The third-order valence-corrected chi connectivity index (χ3v) is 10.1. The predicted molar refractivity (Wildman–Crippen MR) is 239 cm³/mol. The van der Waals surface area contributed by atoms with Crippen LogP contribution in [0.25, 0.3) is 0 Å². The number of amides is 1. The molecule has 2 atom stereocenters. The number of carboxylic acids is 1. The van der Waals surface area contributed by atoms with Crippen molar-refractivity contribution >= 4 is 17.8 Å². The highest BCUT2D eigenvalue weighted by molar-refractivity contribution is 5.83. The van der Waals surface area contributed by atoms with Crippen LogP contribution in [0.3, 0.4) is 0 Å². The monoisotopic (exact) mass is 783 g/mol. The van der Waals surface area contributed by atoms with Gasteiger partial charge in [0, 0.05) is 12.8 Å². The summed E-state index contributed by atoms with van der Waals surface area (Å²) in [5.74, 6) is -1.29. The van der Waals surface area contributed by atoms with Crippen molar-refractivity contribution in [1.82, 2.24) is 5.32 Å². The van der Waals surface area contributed by atoms with Crippen LogP contribution in [-0.4, -0.2) is 41.6 Å². The van der Waals surface area contributed by atoms with E-state index in [2.05, 4.69) is 79.9 Å². The number of carboxylic acid groups (broad SMARTS) is 1. The molecule has 7 heteroatoms. The first kappa shape index (κ1) is 53.1. The zero-order valence-corrected chi connectivity index (χ0v) is 36.2. The van der Waals surface area contributed by atoms with Crippen LogP contribution in [0.5, 0.6) is 0 Å². The van der Waals surface area contributed by atoms with E-state index < -0.39 is 12.0 Å². The van der Waals surface area contributed by atoms with Crippen LogP contribution in [-0.2, 0) is 19.1 Å². The van der Waals surface area contributed by atoms with E-state index in [0.717, 1.165) is 89.9 Å². The summed E-state index contributed by atoms with van der Waals surface area (Å²) in [5, 5.41) is 11.9. The molecule has 2 unspecified atom stereocenters. The number of nitrogens with two attached hydrogens (primary N) is 1. The summed E-state index contributed by atoms with van der Waals surface area (Å²) in [6, 6.07) is -0.866. The Kier molecular flexibility index (Phi) is 40.9. The van der Waals surface area contributed by atoms with Crippen LogP contribution < -0.4 is 11.1 Å². The second-order valence-corrected chi connectivity index (χ2v) is 15.4. The molecule has 0 radical (unpaired) electrons.